The first-order valence-electron chi connectivity index (χ1n) is 8.47. The van der Waals surface area contributed by atoms with Gasteiger partial charge in [-0.1, -0.05) is 47.6 Å². The Hall–Kier alpha value is -3.61. The SMILES string of the molecule is O=C(Cc1cccc(O)c1)NCCNC(=O)c1cc(-c2ccccc2)on1. The predicted molar refractivity (Wildman–Crippen MR) is 99.1 cm³/mol. The van der Waals surface area contributed by atoms with E-state index in [1.807, 2.05) is 30.3 Å². The van der Waals surface area contributed by atoms with Gasteiger partial charge in [-0.15, -0.1) is 0 Å². The fourth-order valence-corrected chi connectivity index (χ4v) is 2.50. The van der Waals surface area contributed by atoms with Gasteiger partial charge >= 0.3 is 0 Å². The summed E-state index contributed by atoms with van der Waals surface area (Å²) in [6.45, 7) is 0.547. The van der Waals surface area contributed by atoms with Crippen molar-refractivity contribution in [3.8, 4) is 17.1 Å². The van der Waals surface area contributed by atoms with Crippen LogP contribution in [0.2, 0.25) is 0 Å². The van der Waals surface area contributed by atoms with Gasteiger partial charge in [0, 0.05) is 24.7 Å². The molecule has 7 heteroatoms. The molecule has 2 aromatic carbocycles. The average Bonchev–Trinajstić information content (AvgIpc) is 3.16. The molecule has 0 aliphatic rings. The Labute approximate surface area is 156 Å². The molecule has 3 rings (SSSR count). The summed E-state index contributed by atoms with van der Waals surface area (Å²) in [7, 11) is 0. The molecule has 3 aromatic rings. The molecular weight excluding hydrogens is 346 g/mol. The Bertz CT molecular complexity index is 922. The van der Waals surface area contributed by atoms with E-state index in [-0.39, 0.29) is 42.8 Å². The minimum absolute atomic E-state index is 0.120. The lowest BCUT2D eigenvalue weighted by Crippen LogP contribution is -2.35. The highest BCUT2D eigenvalue weighted by molar-refractivity contribution is 5.93. The summed E-state index contributed by atoms with van der Waals surface area (Å²) in [6.07, 6.45) is 0.159. The van der Waals surface area contributed by atoms with Gasteiger partial charge < -0.3 is 20.3 Å². The van der Waals surface area contributed by atoms with Crippen molar-refractivity contribution in [2.75, 3.05) is 13.1 Å². The number of phenolic OH excluding ortho intramolecular Hbond substituents is 1. The van der Waals surface area contributed by atoms with E-state index >= 15 is 0 Å². The Kier molecular flexibility index (Phi) is 5.84. The van der Waals surface area contributed by atoms with Crippen LogP contribution in [0.4, 0.5) is 0 Å². The van der Waals surface area contributed by atoms with Gasteiger partial charge in [0.2, 0.25) is 5.91 Å². The lowest BCUT2D eigenvalue weighted by atomic mass is 10.1. The molecule has 1 aromatic heterocycles. The Morgan fingerprint density at radius 3 is 2.52 bits per heavy atom. The number of benzene rings is 2. The molecule has 0 radical (unpaired) electrons. The standard InChI is InChI=1S/C20H19N3O4/c24-16-8-4-5-14(11-16)12-19(25)21-9-10-22-20(26)17-13-18(27-23-17)15-6-2-1-3-7-15/h1-8,11,13,24H,9-10,12H2,(H,21,25)(H,22,26). The number of hydrogen-bond acceptors (Lipinski definition) is 5. The normalized spacial score (nSPS) is 10.4. The maximum absolute atomic E-state index is 12.1. The summed E-state index contributed by atoms with van der Waals surface area (Å²) < 4.78 is 5.19. The highest BCUT2D eigenvalue weighted by Crippen LogP contribution is 2.19. The van der Waals surface area contributed by atoms with E-state index in [1.54, 1.807) is 24.3 Å². The van der Waals surface area contributed by atoms with Crippen molar-refractivity contribution in [2.24, 2.45) is 0 Å². The molecule has 2 amide bonds. The first-order chi connectivity index (χ1) is 13.1. The topological polar surface area (TPSA) is 104 Å². The molecule has 0 unspecified atom stereocenters. The van der Waals surface area contributed by atoms with Crippen molar-refractivity contribution >= 4 is 11.8 Å². The van der Waals surface area contributed by atoms with E-state index in [0.717, 1.165) is 5.56 Å². The molecule has 0 atom stereocenters. The van der Waals surface area contributed by atoms with Crippen LogP contribution in [0.1, 0.15) is 16.1 Å². The molecule has 0 aliphatic carbocycles. The van der Waals surface area contributed by atoms with Crippen molar-refractivity contribution in [3.63, 3.8) is 0 Å². The van der Waals surface area contributed by atoms with Gasteiger partial charge in [-0.2, -0.15) is 0 Å². The minimum Gasteiger partial charge on any atom is -0.508 e. The van der Waals surface area contributed by atoms with Gasteiger partial charge in [-0.3, -0.25) is 9.59 Å². The van der Waals surface area contributed by atoms with Crippen molar-refractivity contribution < 1.29 is 19.2 Å². The summed E-state index contributed by atoms with van der Waals surface area (Å²) in [5.74, 6) is 0.0704. The van der Waals surface area contributed by atoms with Gasteiger partial charge in [-0.25, -0.2) is 0 Å². The summed E-state index contributed by atoms with van der Waals surface area (Å²) in [4.78, 5) is 24.0. The summed E-state index contributed by atoms with van der Waals surface area (Å²) in [5, 5.41) is 18.5. The molecular formula is C20H19N3O4. The largest absolute Gasteiger partial charge is 0.508 e. The monoisotopic (exact) mass is 365 g/mol. The number of rotatable bonds is 7. The Balaban J connectivity index is 1.42. The fraction of sp³-hybridized carbons (Fsp3) is 0.150. The zero-order valence-electron chi connectivity index (χ0n) is 14.5. The molecule has 3 N–H and O–H groups in total. The average molecular weight is 365 g/mol. The van der Waals surface area contributed by atoms with Crippen LogP contribution in [0.3, 0.4) is 0 Å². The van der Waals surface area contributed by atoms with Gasteiger partial charge in [0.15, 0.2) is 11.5 Å². The number of aromatic nitrogens is 1. The van der Waals surface area contributed by atoms with Crippen LogP contribution < -0.4 is 10.6 Å². The second kappa shape index (κ2) is 8.66. The van der Waals surface area contributed by atoms with Crippen LogP contribution in [0, 0.1) is 0 Å². The number of carbonyl (C=O) groups excluding carboxylic acids is 2. The molecule has 1 heterocycles. The smallest absolute Gasteiger partial charge is 0.273 e. The van der Waals surface area contributed by atoms with E-state index in [2.05, 4.69) is 15.8 Å². The second-order valence-corrected chi connectivity index (χ2v) is 5.89. The lowest BCUT2D eigenvalue weighted by Gasteiger charge is -2.06. The van der Waals surface area contributed by atoms with Crippen molar-refractivity contribution in [1.82, 2.24) is 15.8 Å². The number of carbonyl (C=O) groups is 2. The molecule has 27 heavy (non-hydrogen) atoms. The number of phenols is 1. The lowest BCUT2D eigenvalue weighted by molar-refractivity contribution is -0.120. The number of hydrogen-bond donors (Lipinski definition) is 3. The number of aromatic hydroxyl groups is 1. The van der Waals surface area contributed by atoms with Crippen LogP contribution in [0.5, 0.6) is 5.75 Å². The quantitative estimate of drug-likeness (QED) is 0.557. The first-order valence-corrected chi connectivity index (χ1v) is 8.47. The second-order valence-electron chi connectivity index (χ2n) is 5.89. The molecule has 0 saturated carbocycles. The van der Waals surface area contributed by atoms with Crippen LogP contribution in [0.15, 0.2) is 65.2 Å². The maximum Gasteiger partial charge on any atom is 0.273 e. The number of amides is 2. The van der Waals surface area contributed by atoms with Crippen LogP contribution >= 0.6 is 0 Å². The molecule has 138 valence electrons. The maximum atomic E-state index is 12.1. The van der Waals surface area contributed by atoms with Gasteiger partial charge in [-0.05, 0) is 17.7 Å². The van der Waals surface area contributed by atoms with E-state index in [4.69, 9.17) is 4.52 Å². The minimum atomic E-state index is -0.372. The van der Waals surface area contributed by atoms with E-state index < -0.39 is 0 Å². The van der Waals surface area contributed by atoms with Crippen LogP contribution in [0.25, 0.3) is 11.3 Å². The highest BCUT2D eigenvalue weighted by Gasteiger charge is 2.13. The van der Waals surface area contributed by atoms with E-state index in [0.29, 0.717) is 11.3 Å². The molecule has 0 spiro atoms. The van der Waals surface area contributed by atoms with Gasteiger partial charge in [0.1, 0.15) is 5.75 Å². The Morgan fingerprint density at radius 1 is 0.963 bits per heavy atom. The molecule has 7 nitrogen and oxygen atoms in total. The Morgan fingerprint density at radius 2 is 1.74 bits per heavy atom. The molecule has 0 saturated heterocycles. The van der Waals surface area contributed by atoms with Crippen LogP contribution in [-0.4, -0.2) is 35.2 Å². The zero-order valence-corrected chi connectivity index (χ0v) is 14.5. The molecule has 0 bridgehead atoms. The number of nitrogens with zero attached hydrogens (tertiary/aromatic N) is 1. The summed E-state index contributed by atoms with van der Waals surface area (Å²) >= 11 is 0. The van der Waals surface area contributed by atoms with Crippen molar-refractivity contribution in [2.45, 2.75) is 6.42 Å². The summed E-state index contributed by atoms with van der Waals surface area (Å²) in [5.41, 5.74) is 1.73. The number of nitrogens with one attached hydrogen (secondary N) is 2. The molecule has 0 aliphatic heterocycles. The van der Waals surface area contributed by atoms with E-state index in [1.165, 1.54) is 6.07 Å². The van der Waals surface area contributed by atoms with E-state index in [9.17, 15) is 14.7 Å². The summed E-state index contributed by atoms with van der Waals surface area (Å²) in [6, 6.07) is 17.5. The third kappa shape index (κ3) is 5.18. The van der Waals surface area contributed by atoms with Gasteiger partial charge in [0.25, 0.3) is 5.91 Å². The third-order valence-corrected chi connectivity index (χ3v) is 3.81. The van der Waals surface area contributed by atoms with Gasteiger partial charge in [0.05, 0.1) is 6.42 Å². The zero-order chi connectivity index (χ0) is 19.1. The van der Waals surface area contributed by atoms with Crippen LogP contribution in [-0.2, 0) is 11.2 Å². The van der Waals surface area contributed by atoms with Crippen molar-refractivity contribution in [3.05, 3.63) is 71.9 Å². The third-order valence-electron chi connectivity index (χ3n) is 3.81. The van der Waals surface area contributed by atoms with Crippen molar-refractivity contribution in [1.29, 1.82) is 0 Å². The highest BCUT2D eigenvalue weighted by atomic mass is 16.5. The fourth-order valence-electron chi connectivity index (χ4n) is 2.50. The predicted octanol–water partition coefficient (Wildman–Crippen LogP) is 2.14. The molecule has 0 fully saturated rings. The first kappa shape index (κ1) is 18.2.